The number of halogens is 4. The van der Waals surface area contributed by atoms with Gasteiger partial charge in [-0.15, -0.1) is 0 Å². The lowest BCUT2D eigenvalue weighted by Crippen LogP contribution is -2.42. The van der Waals surface area contributed by atoms with Crippen LogP contribution in [0, 0.1) is 0 Å². The molecule has 1 atom stereocenters. The zero-order valence-corrected chi connectivity index (χ0v) is 9.18. The van der Waals surface area contributed by atoms with E-state index in [9.17, 15) is 13.2 Å². The zero-order chi connectivity index (χ0) is 11.5. The summed E-state index contributed by atoms with van der Waals surface area (Å²) in [5, 5.41) is 0. The van der Waals surface area contributed by atoms with Gasteiger partial charge in [0.15, 0.2) is 0 Å². The minimum Gasteiger partial charge on any atom is -0.492 e. The molecule has 0 bridgehead atoms. The summed E-state index contributed by atoms with van der Waals surface area (Å²) in [5.41, 5.74) is 4.87. The van der Waals surface area contributed by atoms with E-state index in [2.05, 4.69) is 15.9 Å². The monoisotopic (exact) mass is 283 g/mol. The van der Waals surface area contributed by atoms with Crippen molar-refractivity contribution in [3.05, 3.63) is 28.7 Å². The SMILES string of the molecule is NC(COc1ccc(Br)cc1)C(F)(F)F. The number of nitrogens with two attached hydrogens (primary N) is 1. The molecule has 15 heavy (non-hydrogen) atoms. The molecule has 1 unspecified atom stereocenters. The van der Waals surface area contributed by atoms with Gasteiger partial charge in [0, 0.05) is 4.47 Å². The number of hydrogen-bond acceptors (Lipinski definition) is 2. The highest BCUT2D eigenvalue weighted by Gasteiger charge is 2.37. The molecule has 84 valence electrons. The fraction of sp³-hybridized carbons (Fsp3) is 0.333. The van der Waals surface area contributed by atoms with Crippen LogP contribution in [0.5, 0.6) is 5.75 Å². The Bertz CT molecular complexity index is 312. The van der Waals surface area contributed by atoms with E-state index >= 15 is 0 Å². The lowest BCUT2D eigenvalue weighted by Gasteiger charge is -2.16. The van der Waals surface area contributed by atoms with Crippen LogP contribution >= 0.6 is 15.9 Å². The molecule has 1 aromatic carbocycles. The molecule has 0 aliphatic heterocycles. The van der Waals surface area contributed by atoms with Gasteiger partial charge in [0.2, 0.25) is 0 Å². The Hall–Kier alpha value is -0.750. The normalized spacial score (nSPS) is 13.7. The van der Waals surface area contributed by atoms with Crippen LogP contribution in [-0.2, 0) is 0 Å². The second-order valence-corrected chi connectivity index (χ2v) is 3.83. The van der Waals surface area contributed by atoms with Crippen LogP contribution in [-0.4, -0.2) is 18.8 Å². The van der Waals surface area contributed by atoms with Gasteiger partial charge in [-0.2, -0.15) is 13.2 Å². The molecule has 0 aliphatic carbocycles. The van der Waals surface area contributed by atoms with E-state index in [0.717, 1.165) is 4.47 Å². The van der Waals surface area contributed by atoms with Crippen LogP contribution in [0.1, 0.15) is 0 Å². The molecule has 2 nitrogen and oxygen atoms in total. The number of benzene rings is 1. The number of ether oxygens (including phenoxy) is 1. The fourth-order valence-corrected chi connectivity index (χ4v) is 1.08. The summed E-state index contributed by atoms with van der Waals surface area (Å²) in [5.74, 6) is 0.359. The lowest BCUT2D eigenvalue weighted by atomic mass is 10.3. The Morgan fingerprint density at radius 1 is 1.27 bits per heavy atom. The Kier molecular flexibility index (Phi) is 3.98. The van der Waals surface area contributed by atoms with Crippen LogP contribution in [0.25, 0.3) is 0 Å². The first-order valence-corrected chi connectivity index (χ1v) is 4.89. The lowest BCUT2D eigenvalue weighted by molar-refractivity contribution is -0.153. The topological polar surface area (TPSA) is 35.2 Å². The molecular formula is C9H9BrF3NO. The van der Waals surface area contributed by atoms with Crippen molar-refractivity contribution in [3.8, 4) is 5.75 Å². The molecule has 1 rings (SSSR count). The second kappa shape index (κ2) is 4.85. The molecule has 0 radical (unpaired) electrons. The summed E-state index contributed by atoms with van der Waals surface area (Å²) in [6, 6.07) is 4.52. The maximum atomic E-state index is 12.0. The number of alkyl halides is 3. The molecule has 0 amide bonds. The van der Waals surface area contributed by atoms with E-state index in [4.69, 9.17) is 10.5 Å². The molecule has 0 heterocycles. The summed E-state index contributed by atoms with van der Waals surface area (Å²) >= 11 is 3.20. The van der Waals surface area contributed by atoms with Gasteiger partial charge in [-0.1, -0.05) is 15.9 Å². The first-order valence-electron chi connectivity index (χ1n) is 4.10. The third kappa shape index (κ3) is 4.09. The predicted octanol–water partition coefficient (Wildman–Crippen LogP) is 2.72. The highest BCUT2D eigenvalue weighted by Crippen LogP contribution is 2.20. The molecular weight excluding hydrogens is 275 g/mol. The van der Waals surface area contributed by atoms with Gasteiger partial charge in [-0.25, -0.2) is 0 Å². The third-order valence-corrected chi connectivity index (χ3v) is 2.19. The molecule has 0 saturated heterocycles. The smallest absolute Gasteiger partial charge is 0.406 e. The molecule has 0 saturated carbocycles. The van der Waals surface area contributed by atoms with Crippen LogP contribution in [0.3, 0.4) is 0 Å². The summed E-state index contributed by atoms with van der Waals surface area (Å²) in [6.45, 7) is -0.578. The average molecular weight is 284 g/mol. The van der Waals surface area contributed by atoms with E-state index in [1.807, 2.05) is 0 Å². The number of hydrogen-bond donors (Lipinski definition) is 1. The molecule has 0 spiro atoms. The fourth-order valence-electron chi connectivity index (χ4n) is 0.811. The van der Waals surface area contributed by atoms with Crippen LogP contribution in [0.2, 0.25) is 0 Å². The van der Waals surface area contributed by atoms with Gasteiger partial charge < -0.3 is 10.5 Å². The maximum absolute atomic E-state index is 12.0. The average Bonchev–Trinajstić information content (AvgIpc) is 2.15. The van der Waals surface area contributed by atoms with Gasteiger partial charge >= 0.3 is 6.18 Å². The van der Waals surface area contributed by atoms with Gasteiger partial charge in [-0.05, 0) is 24.3 Å². The minimum absolute atomic E-state index is 0.359. The van der Waals surface area contributed by atoms with Gasteiger partial charge in [-0.3, -0.25) is 0 Å². The Balaban J connectivity index is 2.47. The number of rotatable bonds is 3. The van der Waals surface area contributed by atoms with Crippen molar-refractivity contribution >= 4 is 15.9 Å². The summed E-state index contributed by atoms with van der Waals surface area (Å²) in [7, 11) is 0. The molecule has 0 fully saturated rings. The Morgan fingerprint density at radius 3 is 2.27 bits per heavy atom. The van der Waals surface area contributed by atoms with Crippen LogP contribution in [0.4, 0.5) is 13.2 Å². The summed E-state index contributed by atoms with van der Waals surface area (Å²) in [4.78, 5) is 0. The van der Waals surface area contributed by atoms with Crippen molar-refractivity contribution in [1.29, 1.82) is 0 Å². The maximum Gasteiger partial charge on any atom is 0.406 e. The van der Waals surface area contributed by atoms with E-state index in [-0.39, 0.29) is 0 Å². The van der Waals surface area contributed by atoms with Crippen molar-refractivity contribution < 1.29 is 17.9 Å². The molecule has 1 aromatic rings. The van der Waals surface area contributed by atoms with Crippen LogP contribution < -0.4 is 10.5 Å². The van der Waals surface area contributed by atoms with Gasteiger partial charge in [0.05, 0.1) is 0 Å². The van der Waals surface area contributed by atoms with Gasteiger partial charge in [0.25, 0.3) is 0 Å². The van der Waals surface area contributed by atoms with E-state index in [1.165, 1.54) is 0 Å². The van der Waals surface area contributed by atoms with Crippen LogP contribution in [0.15, 0.2) is 28.7 Å². The van der Waals surface area contributed by atoms with E-state index in [0.29, 0.717) is 5.75 Å². The van der Waals surface area contributed by atoms with Gasteiger partial charge in [0.1, 0.15) is 18.4 Å². The quantitative estimate of drug-likeness (QED) is 0.926. The van der Waals surface area contributed by atoms with Crippen molar-refractivity contribution in [2.24, 2.45) is 5.73 Å². The molecule has 6 heteroatoms. The highest BCUT2D eigenvalue weighted by molar-refractivity contribution is 9.10. The third-order valence-electron chi connectivity index (χ3n) is 1.66. The largest absolute Gasteiger partial charge is 0.492 e. The molecule has 0 aliphatic rings. The standard InChI is InChI=1S/C9H9BrF3NO/c10-6-1-3-7(4-2-6)15-5-8(14)9(11,12)13/h1-4,8H,5,14H2. The highest BCUT2D eigenvalue weighted by atomic mass is 79.9. The molecule has 2 N–H and O–H groups in total. The predicted molar refractivity (Wildman–Crippen MR) is 53.7 cm³/mol. The van der Waals surface area contributed by atoms with Crippen molar-refractivity contribution in [1.82, 2.24) is 0 Å². The van der Waals surface area contributed by atoms with Crippen molar-refractivity contribution in [2.75, 3.05) is 6.61 Å². The van der Waals surface area contributed by atoms with E-state index < -0.39 is 18.8 Å². The Morgan fingerprint density at radius 2 is 1.80 bits per heavy atom. The minimum atomic E-state index is -4.42. The zero-order valence-electron chi connectivity index (χ0n) is 7.59. The Labute approximate surface area is 93.3 Å². The molecule has 0 aromatic heterocycles. The summed E-state index contributed by atoms with van der Waals surface area (Å²) in [6.07, 6.45) is -4.42. The second-order valence-electron chi connectivity index (χ2n) is 2.91. The van der Waals surface area contributed by atoms with E-state index in [1.54, 1.807) is 24.3 Å². The van der Waals surface area contributed by atoms with Crippen molar-refractivity contribution in [3.63, 3.8) is 0 Å². The first-order chi connectivity index (χ1) is 6.89. The van der Waals surface area contributed by atoms with Crippen molar-refractivity contribution in [2.45, 2.75) is 12.2 Å². The summed E-state index contributed by atoms with van der Waals surface area (Å²) < 4.78 is 41.7. The first kappa shape index (κ1) is 12.3.